The number of aryl methyl sites for hydroxylation is 1. The van der Waals surface area contributed by atoms with Gasteiger partial charge >= 0.3 is 5.97 Å². The van der Waals surface area contributed by atoms with Crippen molar-refractivity contribution in [1.82, 2.24) is 0 Å². The highest BCUT2D eigenvalue weighted by molar-refractivity contribution is 7.99. The zero-order valence-corrected chi connectivity index (χ0v) is 16.3. The van der Waals surface area contributed by atoms with E-state index in [0.29, 0.717) is 0 Å². The van der Waals surface area contributed by atoms with Crippen molar-refractivity contribution >= 4 is 23.5 Å². The number of thioether (sulfide) groups is 1. The summed E-state index contributed by atoms with van der Waals surface area (Å²) in [6.07, 6.45) is -2.72. The van der Waals surface area contributed by atoms with Crippen LogP contribution in [0.25, 0.3) is 0 Å². The van der Waals surface area contributed by atoms with Crippen molar-refractivity contribution in [2.75, 3.05) is 7.11 Å². The first-order valence-corrected chi connectivity index (χ1v) is 9.48. The highest BCUT2D eigenvalue weighted by atomic mass is 32.2. The number of methoxy groups -OCH3 is 1. The van der Waals surface area contributed by atoms with Crippen LogP contribution in [0.5, 0.6) is 0 Å². The molecule has 2 rings (SSSR count). The van der Waals surface area contributed by atoms with Crippen molar-refractivity contribution in [3.63, 3.8) is 0 Å². The molecule has 1 aliphatic heterocycles. The monoisotopic (exact) mass is 382 g/mol. The summed E-state index contributed by atoms with van der Waals surface area (Å²) in [5.41, 5.74) is 0.616. The van der Waals surface area contributed by atoms with Crippen molar-refractivity contribution in [2.24, 2.45) is 0 Å². The molecule has 6 nitrogen and oxygen atoms in total. The summed E-state index contributed by atoms with van der Waals surface area (Å²) in [6.45, 7) is 5.21. The second-order valence-corrected chi connectivity index (χ2v) is 7.66. The fourth-order valence-electron chi connectivity index (χ4n) is 2.76. The average molecular weight is 382 g/mol. The van der Waals surface area contributed by atoms with Crippen molar-refractivity contribution < 1.29 is 28.9 Å². The topological polar surface area (TPSA) is 82.1 Å². The maximum atomic E-state index is 12.0. The molecule has 1 N–H and O–H groups in total. The number of esters is 1. The van der Waals surface area contributed by atoms with E-state index in [0.717, 1.165) is 10.5 Å². The van der Waals surface area contributed by atoms with Crippen LogP contribution in [-0.2, 0) is 23.8 Å². The first-order valence-electron chi connectivity index (χ1n) is 8.60. The van der Waals surface area contributed by atoms with E-state index in [1.54, 1.807) is 6.92 Å². The van der Waals surface area contributed by atoms with Crippen LogP contribution in [0.1, 0.15) is 32.3 Å². The summed E-state index contributed by atoms with van der Waals surface area (Å²) >= 11 is 1.40. The normalized spacial score (nSPS) is 28.6. The van der Waals surface area contributed by atoms with Gasteiger partial charge in [-0.1, -0.05) is 29.5 Å². The smallest absolute Gasteiger partial charge is 0.306 e. The van der Waals surface area contributed by atoms with Gasteiger partial charge in [0.1, 0.15) is 23.4 Å². The molecule has 1 aromatic rings. The number of Topliss-reactive ketones (excluding diaryl/α,β-unsaturated/α-hetero) is 1. The van der Waals surface area contributed by atoms with E-state index < -0.39 is 35.8 Å². The molecule has 1 saturated heterocycles. The zero-order valence-electron chi connectivity index (χ0n) is 15.5. The molecule has 1 aliphatic rings. The number of rotatable bonds is 7. The second kappa shape index (κ2) is 9.50. The third kappa shape index (κ3) is 5.54. The number of hydrogen-bond acceptors (Lipinski definition) is 7. The average Bonchev–Trinajstić information content (AvgIpc) is 2.59. The lowest BCUT2D eigenvalue weighted by molar-refractivity contribution is -0.217. The number of aliphatic hydroxyl groups is 1. The summed E-state index contributed by atoms with van der Waals surface area (Å²) in [5, 5.41) is 10.6. The Balaban J connectivity index is 2.03. The largest absolute Gasteiger partial charge is 0.457 e. The van der Waals surface area contributed by atoms with Crippen LogP contribution in [0.4, 0.5) is 0 Å². The van der Waals surface area contributed by atoms with Crippen LogP contribution < -0.4 is 0 Å². The van der Waals surface area contributed by atoms with Crippen LogP contribution >= 0.6 is 11.8 Å². The van der Waals surface area contributed by atoms with E-state index in [2.05, 4.69) is 0 Å². The Morgan fingerprint density at radius 1 is 1.19 bits per heavy atom. The predicted molar refractivity (Wildman–Crippen MR) is 98.0 cm³/mol. The van der Waals surface area contributed by atoms with Gasteiger partial charge in [0.05, 0.1) is 12.5 Å². The van der Waals surface area contributed by atoms with E-state index in [1.807, 2.05) is 31.2 Å². The summed E-state index contributed by atoms with van der Waals surface area (Å²) in [6, 6.07) is 7.93. The Labute approximate surface area is 158 Å². The molecular weight excluding hydrogens is 356 g/mol. The molecule has 7 heteroatoms. The van der Waals surface area contributed by atoms with Crippen molar-refractivity contribution in [3.05, 3.63) is 29.8 Å². The molecule has 144 valence electrons. The molecular formula is C19H26O6S. The molecule has 0 amide bonds. The number of ether oxygens (including phenoxy) is 3. The van der Waals surface area contributed by atoms with Gasteiger partial charge in [-0.2, -0.15) is 0 Å². The lowest BCUT2D eigenvalue weighted by Crippen LogP contribution is -2.57. The van der Waals surface area contributed by atoms with Crippen LogP contribution in [0.15, 0.2) is 29.2 Å². The van der Waals surface area contributed by atoms with Crippen molar-refractivity contribution in [1.29, 1.82) is 0 Å². The highest BCUT2D eigenvalue weighted by Gasteiger charge is 2.46. The molecule has 0 radical (unpaired) electrons. The molecule has 0 unspecified atom stereocenters. The number of benzene rings is 1. The number of ketones is 1. The minimum atomic E-state index is -0.965. The fraction of sp³-hybridized carbons (Fsp3) is 0.579. The summed E-state index contributed by atoms with van der Waals surface area (Å²) in [7, 11) is 1.47. The Kier molecular flexibility index (Phi) is 7.64. The van der Waals surface area contributed by atoms with Gasteiger partial charge in [-0.05, 0) is 32.9 Å². The van der Waals surface area contributed by atoms with Gasteiger partial charge in [-0.3, -0.25) is 4.79 Å². The van der Waals surface area contributed by atoms with Crippen molar-refractivity contribution in [3.8, 4) is 0 Å². The molecule has 0 saturated carbocycles. The van der Waals surface area contributed by atoms with E-state index in [9.17, 15) is 14.7 Å². The lowest BCUT2D eigenvalue weighted by Gasteiger charge is -2.42. The minimum absolute atomic E-state index is 0.00658. The van der Waals surface area contributed by atoms with Crippen LogP contribution in [0, 0.1) is 6.92 Å². The van der Waals surface area contributed by atoms with E-state index >= 15 is 0 Å². The Hall–Kier alpha value is -1.41. The third-order valence-corrected chi connectivity index (χ3v) is 5.41. The first kappa shape index (κ1) is 20.9. The van der Waals surface area contributed by atoms with Gasteiger partial charge in [0.25, 0.3) is 0 Å². The molecule has 0 aliphatic carbocycles. The van der Waals surface area contributed by atoms with Gasteiger partial charge in [0.15, 0.2) is 6.10 Å². The predicted octanol–water partition coefficient (Wildman–Crippen LogP) is 2.49. The SMILES string of the molecule is CO[C@H]1[C@@H](O)[C@H](Sc2ccc(C)cc2)O[C@@H](C)[C@@H]1OC(=O)CCC(C)=O. The van der Waals surface area contributed by atoms with Crippen molar-refractivity contribution in [2.45, 2.75) is 68.4 Å². The first-order chi connectivity index (χ1) is 12.3. The quantitative estimate of drug-likeness (QED) is 0.726. The maximum Gasteiger partial charge on any atom is 0.306 e. The summed E-state index contributed by atoms with van der Waals surface area (Å²) in [4.78, 5) is 23.9. The van der Waals surface area contributed by atoms with E-state index in [1.165, 1.54) is 25.8 Å². The Morgan fingerprint density at radius 2 is 1.85 bits per heavy atom. The molecule has 26 heavy (non-hydrogen) atoms. The lowest BCUT2D eigenvalue weighted by atomic mass is 10.0. The Bertz CT molecular complexity index is 617. The third-order valence-electron chi connectivity index (χ3n) is 4.24. The number of carbonyl (C=O) groups is 2. The molecule has 1 fully saturated rings. The highest BCUT2D eigenvalue weighted by Crippen LogP contribution is 2.35. The van der Waals surface area contributed by atoms with Crippen LogP contribution in [0.3, 0.4) is 0 Å². The maximum absolute atomic E-state index is 12.0. The molecule has 0 bridgehead atoms. The van der Waals surface area contributed by atoms with Crippen LogP contribution in [0.2, 0.25) is 0 Å². The van der Waals surface area contributed by atoms with Gasteiger partial charge in [0.2, 0.25) is 0 Å². The minimum Gasteiger partial charge on any atom is -0.457 e. The van der Waals surface area contributed by atoms with Gasteiger partial charge in [-0.15, -0.1) is 0 Å². The van der Waals surface area contributed by atoms with Gasteiger partial charge in [0, 0.05) is 18.4 Å². The fourth-order valence-corrected chi connectivity index (χ4v) is 3.85. The van der Waals surface area contributed by atoms with Gasteiger partial charge < -0.3 is 24.1 Å². The zero-order chi connectivity index (χ0) is 19.3. The van der Waals surface area contributed by atoms with E-state index in [-0.39, 0.29) is 18.6 Å². The van der Waals surface area contributed by atoms with Gasteiger partial charge in [-0.25, -0.2) is 0 Å². The van der Waals surface area contributed by atoms with Crippen LogP contribution in [-0.4, -0.2) is 53.8 Å². The molecule has 1 aromatic carbocycles. The number of carbonyl (C=O) groups excluding carboxylic acids is 2. The summed E-state index contributed by atoms with van der Waals surface area (Å²) in [5.74, 6) is -0.577. The number of aliphatic hydroxyl groups excluding tert-OH is 1. The molecule has 1 heterocycles. The number of hydrogen-bond donors (Lipinski definition) is 1. The molecule has 0 spiro atoms. The molecule has 5 atom stereocenters. The Morgan fingerprint density at radius 3 is 2.42 bits per heavy atom. The second-order valence-electron chi connectivity index (χ2n) is 6.49. The standard InChI is InChI=1S/C19H26O6S/c1-11-5-8-14(9-6-11)26-19-16(22)18(23-4)17(13(3)24-19)25-15(21)10-7-12(2)20/h5-6,8-9,13,16-19,22H,7,10H2,1-4H3/t13-,16+,17-,18-,19-/m0/s1. The summed E-state index contributed by atoms with van der Waals surface area (Å²) < 4.78 is 16.7. The van der Waals surface area contributed by atoms with E-state index in [4.69, 9.17) is 14.2 Å². The molecule has 0 aromatic heterocycles.